The molecule has 3 rings (SSSR count). The first-order chi connectivity index (χ1) is 12.4. The summed E-state index contributed by atoms with van der Waals surface area (Å²) in [6.07, 6.45) is 4.87. The van der Waals surface area contributed by atoms with E-state index in [0.717, 1.165) is 13.7 Å². The lowest BCUT2D eigenvalue weighted by Gasteiger charge is -2.36. The van der Waals surface area contributed by atoms with E-state index in [4.69, 9.17) is 0 Å². The first-order valence-corrected chi connectivity index (χ1v) is 12.3. The van der Waals surface area contributed by atoms with E-state index in [0.29, 0.717) is 0 Å². The molecule has 3 aromatic carbocycles. The molecule has 0 nitrogen and oxygen atoms in total. The van der Waals surface area contributed by atoms with Gasteiger partial charge in [0, 0.05) is 5.41 Å². The maximum absolute atomic E-state index is 3.59. The zero-order valence-electron chi connectivity index (χ0n) is 14.4. The molecular weight excluding hydrogens is 387 g/mol. The molecule has 0 aliphatic rings. The highest BCUT2D eigenvalue weighted by Gasteiger charge is 2.35. The van der Waals surface area contributed by atoms with Gasteiger partial charge in [-0.15, -0.1) is 0 Å². The highest BCUT2D eigenvalue weighted by Crippen LogP contribution is 2.43. The van der Waals surface area contributed by atoms with Gasteiger partial charge < -0.3 is 0 Å². The van der Waals surface area contributed by atoms with E-state index < -0.39 is 0 Å². The van der Waals surface area contributed by atoms with E-state index >= 15 is 0 Å². The molecule has 0 aromatic heterocycles. The molecule has 0 N–H and O–H groups in total. The van der Waals surface area contributed by atoms with E-state index in [1.54, 1.807) is 0 Å². The zero-order valence-corrected chi connectivity index (χ0v) is 17.0. The van der Waals surface area contributed by atoms with Gasteiger partial charge >= 0.3 is 0 Å². The van der Waals surface area contributed by atoms with Crippen LogP contribution in [0.3, 0.4) is 0 Å². The zero-order chi connectivity index (χ0) is 17.4. The van der Waals surface area contributed by atoms with E-state index in [-0.39, 0.29) is 5.41 Å². The molecule has 1 unspecified atom stereocenters. The third-order valence-electron chi connectivity index (χ3n) is 4.87. The Morgan fingerprint density at radius 2 is 1.00 bits per heavy atom. The maximum atomic E-state index is 3.59. The van der Waals surface area contributed by atoms with Gasteiger partial charge in [0.25, 0.3) is 0 Å². The van der Waals surface area contributed by atoms with Gasteiger partial charge in [-0.05, 0) is 35.7 Å². The summed E-state index contributed by atoms with van der Waals surface area (Å²) in [5.74, 6) is 0. The van der Waals surface area contributed by atoms with Gasteiger partial charge in [0.1, 0.15) is 0 Å². The molecule has 0 saturated carbocycles. The highest BCUT2D eigenvalue weighted by atomic mass is 79.9. The van der Waals surface area contributed by atoms with Gasteiger partial charge in [-0.3, -0.25) is 0 Å². The monoisotopic (exact) mass is 410 g/mol. The molecule has 0 spiro atoms. The fourth-order valence-corrected chi connectivity index (χ4v) is 4.91. The summed E-state index contributed by atoms with van der Waals surface area (Å²) in [5.41, 5.74) is 4.07. The van der Waals surface area contributed by atoms with Crippen LogP contribution in [0.25, 0.3) is 0 Å². The van der Waals surface area contributed by atoms with Crippen molar-refractivity contribution in [3.05, 3.63) is 108 Å². The smallest absolute Gasteiger partial charge is 0.0451 e. The minimum Gasteiger partial charge on any atom is -0.0642 e. The van der Waals surface area contributed by atoms with Gasteiger partial charge in [0.15, 0.2) is 0 Å². The van der Waals surface area contributed by atoms with Crippen LogP contribution in [0.15, 0.2) is 91.0 Å². The van der Waals surface area contributed by atoms with Gasteiger partial charge in [-0.2, -0.15) is 0 Å². The molecular formula is C23H24BrP. The number of hydrogen-bond donors (Lipinski definition) is 0. The minimum atomic E-state index is -0.0841. The summed E-state index contributed by atoms with van der Waals surface area (Å²) in [6, 6.07) is 33.0. The quantitative estimate of drug-likeness (QED) is 0.209. The fraction of sp³-hybridized carbons (Fsp3) is 0.217. The van der Waals surface area contributed by atoms with E-state index in [9.17, 15) is 0 Å². The van der Waals surface area contributed by atoms with Crippen LogP contribution in [-0.4, -0.2) is 6.16 Å². The third-order valence-corrected chi connectivity index (χ3v) is 6.60. The molecule has 2 heteroatoms. The van der Waals surface area contributed by atoms with Crippen molar-refractivity contribution < 1.29 is 0 Å². The summed E-state index contributed by atoms with van der Waals surface area (Å²) in [4.78, 5) is 0. The van der Waals surface area contributed by atoms with Gasteiger partial charge in [0.2, 0.25) is 0 Å². The second kappa shape index (κ2) is 9.32. The SMILES string of the molecule is BrPCCCCC(c1ccccc1)(c1ccccc1)c1ccccc1. The molecule has 25 heavy (non-hydrogen) atoms. The van der Waals surface area contributed by atoms with Crippen molar-refractivity contribution in [1.82, 2.24) is 0 Å². The van der Waals surface area contributed by atoms with Crippen LogP contribution < -0.4 is 0 Å². The number of unbranched alkanes of at least 4 members (excludes halogenated alkanes) is 1. The van der Waals surface area contributed by atoms with Crippen molar-refractivity contribution in [1.29, 1.82) is 0 Å². The van der Waals surface area contributed by atoms with Crippen LogP contribution in [-0.2, 0) is 5.41 Å². The van der Waals surface area contributed by atoms with Gasteiger partial charge in [0.05, 0.1) is 0 Å². The molecule has 0 bridgehead atoms. The lowest BCUT2D eigenvalue weighted by molar-refractivity contribution is 0.529. The van der Waals surface area contributed by atoms with Crippen LogP contribution in [0, 0.1) is 0 Å². The Balaban J connectivity index is 2.13. The van der Waals surface area contributed by atoms with Crippen molar-refractivity contribution in [2.24, 2.45) is 0 Å². The largest absolute Gasteiger partial charge is 0.0642 e. The lowest BCUT2D eigenvalue weighted by atomic mass is 9.66. The maximum Gasteiger partial charge on any atom is 0.0451 e. The topological polar surface area (TPSA) is 0 Å². The molecule has 0 aliphatic carbocycles. The van der Waals surface area contributed by atoms with E-state index in [1.165, 1.54) is 35.7 Å². The summed E-state index contributed by atoms with van der Waals surface area (Å²) < 4.78 is 0. The molecule has 128 valence electrons. The molecule has 1 atom stereocenters. The Labute approximate surface area is 161 Å². The van der Waals surface area contributed by atoms with Gasteiger partial charge in [-0.25, -0.2) is 0 Å². The number of rotatable bonds is 8. The predicted octanol–water partition coefficient (Wildman–Crippen LogP) is 7.18. The predicted molar refractivity (Wildman–Crippen MR) is 115 cm³/mol. The number of hydrogen-bond acceptors (Lipinski definition) is 0. The summed E-state index contributed by atoms with van der Waals surface area (Å²) in [7, 11) is 0.863. The highest BCUT2D eigenvalue weighted by molar-refractivity contribution is 9.36. The van der Waals surface area contributed by atoms with Crippen LogP contribution in [0.1, 0.15) is 36.0 Å². The molecule has 0 aliphatic heterocycles. The Bertz CT molecular complexity index is 644. The van der Waals surface area contributed by atoms with Crippen molar-refractivity contribution in [2.75, 3.05) is 6.16 Å². The average Bonchev–Trinajstić information content (AvgIpc) is 2.70. The molecule has 3 aromatic rings. The summed E-state index contributed by atoms with van der Waals surface area (Å²) in [6.45, 7) is 0. The first-order valence-electron chi connectivity index (χ1n) is 8.88. The third kappa shape index (κ3) is 4.22. The molecule has 0 amide bonds. The Morgan fingerprint density at radius 3 is 1.36 bits per heavy atom. The van der Waals surface area contributed by atoms with Crippen LogP contribution in [0.2, 0.25) is 0 Å². The number of benzene rings is 3. The normalized spacial score (nSPS) is 11.9. The minimum absolute atomic E-state index is 0.0841. The van der Waals surface area contributed by atoms with Crippen molar-refractivity contribution in [2.45, 2.75) is 24.7 Å². The Hall–Kier alpha value is -1.43. The van der Waals surface area contributed by atoms with Crippen molar-refractivity contribution in [3.63, 3.8) is 0 Å². The van der Waals surface area contributed by atoms with E-state index in [2.05, 4.69) is 106 Å². The van der Waals surface area contributed by atoms with Crippen LogP contribution >= 0.6 is 22.8 Å². The average molecular weight is 411 g/mol. The van der Waals surface area contributed by atoms with E-state index in [1.807, 2.05) is 0 Å². The fourth-order valence-electron chi connectivity index (χ4n) is 3.68. The summed E-state index contributed by atoms with van der Waals surface area (Å²) in [5, 5.41) is 0. The lowest BCUT2D eigenvalue weighted by Crippen LogP contribution is -2.29. The second-order valence-corrected chi connectivity index (χ2v) is 8.79. The number of halogens is 1. The Morgan fingerprint density at radius 1 is 0.600 bits per heavy atom. The van der Waals surface area contributed by atoms with Crippen LogP contribution in [0.5, 0.6) is 0 Å². The molecule has 0 fully saturated rings. The summed E-state index contributed by atoms with van der Waals surface area (Å²) >= 11 is 3.59. The Kier molecular flexibility index (Phi) is 6.84. The van der Waals surface area contributed by atoms with Crippen molar-refractivity contribution in [3.8, 4) is 0 Å². The second-order valence-electron chi connectivity index (χ2n) is 6.34. The first kappa shape index (κ1) is 18.4. The molecule has 0 radical (unpaired) electrons. The molecule has 0 saturated heterocycles. The standard InChI is InChI=1S/C23H24BrP/c24-25-19-11-10-18-23(20-12-4-1-5-13-20,21-14-6-2-7-15-21)22-16-8-3-9-17-22/h1-9,12-17,25H,10-11,18-19H2. The molecule has 0 heterocycles. The van der Waals surface area contributed by atoms with Crippen LogP contribution in [0.4, 0.5) is 0 Å². The van der Waals surface area contributed by atoms with Crippen molar-refractivity contribution >= 4 is 22.8 Å². The van der Waals surface area contributed by atoms with Gasteiger partial charge in [-0.1, -0.05) is 120 Å².